The fraction of sp³-hybridized carbons (Fsp3) is 0.438. The van der Waals surface area contributed by atoms with E-state index in [-0.39, 0.29) is 18.3 Å². The van der Waals surface area contributed by atoms with E-state index >= 15 is 0 Å². The first-order valence-electron chi connectivity index (χ1n) is 7.02. The van der Waals surface area contributed by atoms with Gasteiger partial charge in [-0.3, -0.25) is 4.98 Å². The lowest BCUT2D eigenvalue weighted by atomic mass is 9.77. The highest BCUT2D eigenvalue weighted by molar-refractivity contribution is 6.65. The number of aromatic nitrogens is 1. The zero-order valence-corrected chi connectivity index (χ0v) is 12.7. The molecule has 0 saturated carbocycles. The summed E-state index contributed by atoms with van der Waals surface area (Å²) in [5.74, 6) is 0. The fourth-order valence-corrected chi connectivity index (χ4v) is 2.51. The predicted octanol–water partition coefficient (Wildman–Crippen LogP) is 2.84. The number of hydrogen-bond acceptors (Lipinski definition) is 3. The second kappa shape index (κ2) is 4.30. The number of pyridine rings is 1. The number of benzene rings is 1. The number of aryl methyl sites for hydroxylation is 1. The molecule has 1 aliphatic rings. The standard InChI is InChI=1S/C16H20BNO2/c1-11-12-8-6-7-9-13(12)14(10-18-11)17-19-15(2,3)16(4,5)20-17/h6-10H,1-5H3. The van der Waals surface area contributed by atoms with Gasteiger partial charge in [0, 0.05) is 22.7 Å². The minimum absolute atomic E-state index is 0.330. The van der Waals surface area contributed by atoms with Crippen molar-refractivity contribution >= 4 is 23.4 Å². The van der Waals surface area contributed by atoms with Crippen molar-refractivity contribution in [3.63, 3.8) is 0 Å². The largest absolute Gasteiger partial charge is 0.497 e. The van der Waals surface area contributed by atoms with Gasteiger partial charge in [0.05, 0.1) is 11.2 Å². The number of rotatable bonds is 1. The molecule has 0 atom stereocenters. The fourth-order valence-electron chi connectivity index (χ4n) is 2.51. The summed E-state index contributed by atoms with van der Waals surface area (Å²) >= 11 is 0. The Kier molecular flexibility index (Phi) is 2.92. The summed E-state index contributed by atoms with van der Waals surface area (Å²) in [6, 6.07) is 8.26. The Labute approximate surface area is 120 Å². The molecule has 1 aliphatic heterocycles. The molecule has 1 saturated heterocycles. The Hall–Kier alpha value is -1.39. The summed E-state index contributed by atoms with van der Waals surface area (Å²) in [6.07, 6.45) is 1.87. The molecule has 1 aromatic heterocycles. The molecular weight excluding hydrogens is 249 g/mol. The van der Waals surface area contributed by atoms with Crippen LogP contribution < -0.4 is 5.46 Å². The zero-order chi connectivity index (χ0) is 14.5. The Balaban J connectivity index is 2.11. The van der Waals surface area contributed by atoms with Gasteiger partial charge in [0.25, 0.3) is 0 Å². The van der Waals surface area contributed by atoms with Gasteiger partial charge >= 0.3 is 7.12 Å². The molecule has 1 aromatic carbocycles. The average Bonchev–Trinajstić information content (AvgIpc) is 2.59. The Morgan fingerprint density at radius 1 is 0.950 bits per heavy atom. The first-order valence-corrected chi connectivity index (χ1v) is 7.02. The third-order valence-corrected chi connectivity index (χ3v) is 4.53. The van der Waals surface area contributed by atoms with E-state index in [1.54, 1.807) is 0 Å². The molecule has 0 spiro atoms. The second-order valence-electron chi connectivity index (χ2n) is 6.43. The van der Waals surface area contributed by atoms with E-state index in [1.165, 1.54) is 0 Å². The van der Waals surface area contributed by atoms with Crippen molar-refractivity contribution in [1.29, 1.82) is 0 Å². The third-order valence-electron chi connectivity index (χ3n) is 4.53. The van der Waals surface area contributed by atoms with Crippen LogP contribution in [0.15, 0.2) is 30.5 Å². The lowest BCUT2D eigenvalue weighted by Gasteiger charge is -2.32. The average molecular weight is 269 g/mol. The van der Waals surface area contributed by atoms with Crippen molar-refractivity contribution in [2.45, 2.75) is 45.8 Å². The van der Waals surface area contributed by atoms with E-state index in [4.69, 9.17) is 9.31 Å². The number of fused-ring (bicyclic) bond motifs is 1. The Bertz CT molecular complexity index is 651. The number of hydrogen-bond donors (Lipinski definition) is 0. The maximum absolute atomic E-state index is 6.14. The van der Waals surface area contributed by atoms with Crippen molar-refractivity contribution in [2.75, 3.05) is 0 Å². The van der Waals surface area contributed by atoms with Gasteiger partial charge in [0.2, 0.25) is 0 Å². The maximum atomic E-state index is 6.14. The Morgan fingerprint density at radius 2 is 1.50 bits per heavy atom. The second-order valence-corrected chi connectivity index (χ2v) is 6.43. The molecule has 0 aliphatic carbocycles. The topological polar surface area (TPSA) is 31.4 Å². The van der Waals surface area contributed by atoms with Crippen LogP contribution in [0.3, 0.4) is 0 Å². The lowest BCUT2D eigenvalue weighted by molar-refractivity contribution is 0.00578. The van der Waals surface area contributed by atoms with Gasteiger partial charge in [-0.25, -0.2) is 0 Å². The molecule has 0 amide bonds. The molecule has 0 unspecified atom stereocenters. The summed E-state index contributed by atoms with van der Waals surface area (Å²) < 4.78 is 12.3. The monoisotopic (exact) mass is 269 g/mol. The summed E-state index contributed by atoms with van der Waals surface area (Å²) in [6.45, 7) is 10.3. The van der Waals surface area contributed by atoms with Crippen LogP contribution in [0.1, 0.15) is 33.4 Å². The molecule has 0 N–H and O–H groups in total. The van der Waals surface area contributed by atoms with Crippen molar-refractivity contribution < 1.29 is 9.31 Å². The summed E-state index contributed by atoms with van der Waals surface area (Å²) in [4.78, 5) is 4.49. The van der Waals surface area contributed by atoms with Crippen LogP contribution in [-0.4, -0.2) is 23.3 Å². The summed E-state index contributed by atoms with van der Waals surface area (Å²) in [5.41, 5.74) is 1.37. The van der Waals surface area contributed by atoms with E-state index in [1.807, 2.05) is 25.3 Å². The van der Waals surface area contributed by atoms with E-state index in [9.17, 15) is 0 Å². The minimum Gasteiger partial charge on any atom is -0.399 e. The van der Waals surface area contributed by atoms with Crippen LogP contribution >= 0.6 is 0 Å². The molecule has 0 bridgehead atoms. The van der Waals surface area contributed by atoms with Gasteiger partial charge in [0.1, 0.15) is 0 Å². The van der Waals surface area contributed by atoms with E-state index in [2.05, 4.69) is 44.8 Å². The molecule has 20 heavy (non-hydrogen) atoms. The molecule has 104 valence electrons. The van der Waals surface area contributed by atoms with E-state index < -0.39 is 0 Å². The minimum atomic E-state index is -0.363. The maximum Gasteiger partial charge on any atom is 0.497 e. The molecule has 0 radical (unpaired) electrons. The van der Waals surface area contributed by atoms with Crippen LogP contribution in [-0.2, 0) is 9.31 Å². The van der Waals surface area contributed by atoms with Gasteiger partial charge in [-0.15, -0.1) is 0 Å². The van der Waals surface area contributed by atoms with Crippen molar-refractivity contribution in [1.82, 2.24) is 4.98 Å². The van der Waals surface area contributed by atoms with Crippen LogP contribution in [0.4, 0.5) is 0 Å². The highest BCUT2D eigenvalue weighted by atomic mass is 16.7. The van der Waals surface area contributed by atoms with Crippen molar-refractivity contribution in [3.8, 4) is 0 Å². The first-order chi connectivity index (χ1) is 9.32. The first kappa shape index (κ1) is 13.6. The van der Waals surface area contributed by atoms with Crippen LogP contribution in [0.5, 0.6) is 0 Å². The molecule has 1 fully saturated rings. The quantitative estimate of drug-likeness (QED) is 0.746. The third kappa shape index (κ3) is 1.95. The zero-order valence-electron chi connectivity index (χ0n) is 12.7. The van der Waals surface area contributed by atoms with Crippen LogP contribution in [0, 0.1) is 6.92 Å². The van der Waals surface area contributed by atoms with Gasteiger partial charge in [0.15, 0.2) is 0 Å². The highest BCUT2D eigenvalue weighted by Gasteiger charge is 2.52. The molecule has 2 heterocycles. The molecular formula is C16H20BNO2. The highest BCUT2D eigenvalue weighted by Crippen LogP contribution is 2.37. The molecule has 4 heteroatoms. The Morgan fingerprint density at radius 3 is 2.10 bits per heavy atom. The van der Waals surface area contributed by atoms with Gasteiger partial charge in [-0.1, -0.05) is 24.3 Å². The normalized spacial score (nSPS) is 20.6. The predicted molar refractivity (Wildman–Crippen MR) is 82.2 cm³/mol. The number of nitrogens with zero attached hydrogens (tertiary/aromatic N) is 1. The SMILES string of the molecule is Cc1ncc(B2OC(C)(C)C(C)(C)O2)c2ccccc12. The van der Waals surface area contributed by atoms with Crippen LogP contribution in [0.25, 0.3) is 10.8 Å². The van der Waals surface area contributed by atoms with Crippen molar-refractivity contribution in [2.24, 2.45) is 0 Å². The van der Waals surface area contributed by atoms with Crippen molar-refractivity contribution in [3.05, 3.63) is 36.2 Å². The summed E-state index contributed by atoms with van der Waals surface area (Å²) in [7, 11) is -0.363. The smallest absolute Gasteiger partial charge is 0.399 e. The molecule has 2 aromatic rings. The summed E-state index contributed by atoms with van der Waals surface area (Å²) in [5, 5.41) is 2.30. The van der Waals surface area contributed by atoms with Gasteiger partial charge < -0.3 is 9.31 Å². The molecule has 3 rings (SSSR count). The van der Waals surface area contributed by atoms with Gasteiger partial charge in [-0.2, -0.15) is 0 Å². The lowest BCUT2D eigenvalue weighted by Crippen LogP contribution is -2.41. The molecule has 3 nitrogen and oxygen atoms in total. The van der Waals surface area contributed by atoms with E-state index in [0.29, 0.717) is 0 Å². The van der Waals surface area contributed by atoms with E-state index in [0.717, 1.165) is 21.9 Å². The van der Waals surface area contributed by atoms with Gasteiger partial charge in [-0.05, 0) is 40.0 Å². The van der Waals surface area contributed by atoms with Crippen LogP contribution in [0.2, 0.25) is 0 Å².